The molecule has 0 radical (unpaired) electrons. The minimum atomic E-state index is 0.568. The van der Waals surface area contributed by atoms with Gasteiger partial charge < -0.3 is 18.6 Å². The number of para-hydroxylation sites is 2. The smallest absolute Gasteiger partial charge is 0.195 e. The molecule has 0 saturated carbocycles. The van der Waals surface area contributed by atoms with Gasteiger partial charge in [-0.1, -0.05) is 12.1 Å². The van der Waals surface area contributed by atoms with Crippen LogP contribution in [0.25, 0.3) is 22.4 Å². The lowest BCUT2D eigenvalue weighted by atomic mass is 10.2. The molecule has 1 aliphatic rings. The maximum Gasteiger partial charge on any atom is 0.195 e. The number of morpholine rings is 1. The summed E-state index contributed by atoms with van der Waals surface area (Å²) in [6, 6.07) is 16.2. The summed E-state index contributed by atoms with van der Waals surface area (Å²) in [5, 5.41) is 7.54. The van der Waals surface area contributed by atoms with Crippen molar-refractivity contribution in [1.82, 2.24) is 29.2 Å². The number of rotatable bonds is 7. The number of aromatic amines is 1. The topological polar surface area (TPSA) is 73.1 Å². The lowest BCUT2D eigenvalue weighted by molar-refractivity contribution is 0.0362. The Morgan fingerprint density at radius 2 is 1.81 bits per heavy atom. The lowest BCUT2D eigenvalue weighted by Crippen LogP contribution is -2.38. The van der Waals surface area contributed by atoms with Crippen molar-refractivity contribution >= 4 is 23.3 Å². The molecule has 0 bridgehead atoms. The molecule has 1 N–H and O–H groups in total. The lowest BCUT2D eigenvalue weighted by Gasteiger charge is -2.26. The number of nitrogens with zero attached hydrogens (tertiary/aromatic N) is 5. The largest absolute Gasteiger partial charge is 0.497 e. The number of fused-ring (bicyclic) bond motifs is 1. The van der Waals surface area contributed by atoms with Gasteiger partial charge in [0.05, 0.1) is 37.9 Å². The van der Waals surface area contributed by atoms with Crippen LogP contribution in [-0.2, 0) is 17.8 Å². The zero-order valence-electron chi connectivity index (χ0n) is 18.0. The Morgan fingerprint density at radius 3 is 2.59 bits per heavy atom. The molecule has 1 saturated heterocycles. The Bertz CT molecular complexity index is 1250. The molecule has 1 fully saturated rings. The van der Waals surface area contributed by atoms with Crippen molar-refractivity contribution in [1.29, 1.82) is 0 Å². The first-order chi connectivity index (χ1) is 15.7. The zero-order valence-corrected chi connectivity index (χ0v) is 18.8. The van der Waals surface area contributed by atoms with E-state index in [1.54, 1.807) is 7.11 Å². The van der Waals surface area contributed by atoms with E-state index in [9.17, 15) is 0 Å². The van der Waals surface area contributed by atoms with Crippen LogP contribution in [0.2, 0.25) is 0 Å². The van der Waals surface area contributed by atoms with Crippen molar-refractivity contribution in [2.24, 2.45) is 0 Å². The van der Waals surface area contributed by atoms with Crippen LogP contribution in [0.4, 0.5) is 0 Å². The van der Waals surface area contributed by atoms with E-state index in [1.165, 1.54) is 0 Å². The quantitative estimate of drug-likeness (QED) is 0.436. The maximum atomic E-state index is 5.55. The van der Waals surface area contributed by atoms with Crippen LogP contribution in [0.15, 0.2) is 48.5 Å². The first kappa shape index (κ1) is 20.9. The predicted molar refractivity (Wildman–Crippen MR) is 125 cm³/mol. The third-order valence-corrected chi connectivity index (χ3v) is 6.19. The third kappa shape index (κ3) is 4.19. The number of ether oxygens (including phenoxy) is 2. The number of nitrogens with one attached hydrogen (secondary N) is 1. The van der Waals surface area contributed by atoms with Gasteiger partial charge in [0.25, 0.3) is 0 Å². The van der Waals surface area contributed by atoms with Gasteiger partial charge in [0.15, 0.2) is 10.6 Å². The summed E-state index contributed by atoms with van der Waals surface area (Å²) in [6.07, 6.45) is 0. The molecule has 2 aromatic carbocycles. The first-order valence-electron chi connectivity index (χ1n) is 10.8. The summed E-state index contributed by atoms with van der Waals surface area (Å²) in [5.41, 5.74) is 3.04. The third-order valence-electron chi connectivity index (χ3n) is 5.88. The molecule has 3 heterocycles. The molecular formula is C23H26N6O2S. The molecule has 0 spiro atoms. The van der Waals surface area contributed by atoms with Crippen LogP contribution in [0.3, 0.4) is 0 Å². The van der Waals surface area contributed by atoms with E-state index in [0.717, 1.165) is 73.4 Å². The molecule has 0 aliphatic carbocycles. The van der Waals surface area contributed by atoms with Crippen LogP contribution < -0.4 is 4.74 Å². The Balaban J connectivity index is 1.48. The van der Waals surface area contributed by atoms with Gasteiger partial charge in [-0.15, -0.1) is 0 Å². The summed E-state index contributed by atoms with van der Waals surface area (Å²) in [7, 11) is 1.67. The van der Waals surface area contributed by atoms with Gasteiger partial charge in [-0.05, 0) is 48.6 Å². The Labute approximate surface area is 191 Å². The molecule has 9 heteroatoms. The Morgan fingerprint density at radius 1 is 1.03 bits per heavy atom. The van der Waals surface area contributed by atoms with Gasteiger partial charge in [0.2, 0.25) is 0 Å². The van der Waals surface area contributed by atoms with Crippen LogP contribution in [0.1, 0.15) is 5.82 Å². The van der Waals surface area contributed by atoms with E-state index < -0.39 is 0 Å². The van der Waals surface area contributed by atoms with E-state index >= 15 is 0 Å². The van der Waals surface area contributed by atoms with Crippen LogP contribution in [-0.4, -0.2) is 69.2 Å². The molecule has 8 nitrogen and oxygen atoms in total. The number of methoxy groups -OCH3 is 1. The van der Waals surface area contributed by atoms with E-state index in [0.29, 0.717) is 11.3 Å². The number of benzene rings is 2. The van der Waals surface area contributed by atoms with Crippen molar-refractivity contribution in [2.45, 2.75) is 13.1 Å². The monoisotopic (exact) mass is 450 g/mol. The molecule has 2 aromatic heterocycles. The average Bonchev–Trinajstić information content (AvgIpc) is 3.39. The highest BCUT2D eigenvalue weighted by Crippen LogP contribution is 2.27. The van der Waals surface area contributed by atoms with Crippen molar-refractivity contribution in [3.05, 3.63) is 59.1 Å². The zero-order chi connectivity index (χ0) is 21.9. The van der Waals surface area contributed by atoms with Crippen LogP contribution in [0.5, 0.6) is 5.75 Å². The van der Waals surface area contributed by atoms with Crippen LogP contribution in [0, 0.1) is 4.77 Å². The minimum Gasteiger partial charge on any atom is -0.497 e. The second kappa shape index (κ2) is 9.23. The summed E-state index contributed by atoms with van der Waals surface area (Å²) in [6.45, 7) is 5.75. The molecule has 0 atom stereocenters. The highest BCUT2D eigenvalue weighted by Gasteiger charge is 2.17. The molecule has 0 amide bonds. The molecule has 0 unspecified atom stereocenters. The predicted octanol–water partition coefficient (Wildman–Crippen LogP) is 3.35. The van der Waals surface area contributed by atoms with Gasteiger partial charge in [-0.3, -0.25) is 10.00 Å². The number of hydrogen-bond acceptors (Lipinski definition) is 6. The van der Waals surface area contributed by atoms with E-state index in [1.807, 2.05) is 42.5 Å². The minimum absolute atomic E-state index is 0.568. The van der Waals surface area contributed by atoms with Crippen molar-refractivity contribution < 1.29 is 9.47 Å². The van der Waals surface area contributed by atoms with E-state index in [2.05, 4.69) is 30.3 Å². The van der Waals surface area contributed by atoms with Crippen molar-refractivity contribution in [3.8, 4) is 17.1 Å². The van der Waals surface area contributed by atoms with Crippen molar-refractivity contribution in [3.63, 3.8) is 0 Å². The average molecular weight is 451 g/mol. The first-order valence-corrected chi connectivity index (χ1v) is 11.2. The molecule has 4 aromatic rings. The van der Waals surface area contributed by atoms with Crippen LogP contribution >= 0.6 is 12.2 Å². The molecule has 166 valence electrons. The molecule has 32 heavy (non-hydrogen) atoms. The second-order valence-electron chi connectivity index (χ2n) is 7.79. The summed E-state index contributed by atoms with van der Waals surface area (Å²) >= 11 is 5.55. The number of hydrogen-bond donors (Lipinski definition) is 1. The molecule has 1 aliphatic heterocycles. The summed E-state index contributed by atoms with van der Waals surface area (Å²) in [4.78, 5) is 7.32. The molecular weight excluding hydrogens is 424 g/mol. The van der Waals surface area contributed by atoms with E-state index in [4.69, 9.17) is 26.7 Å². The van der Waals surface area contributed by atoms with Gasteiger partial charge in [0, 0.05) is 31.7 Å². The Hall–Kier alpha value is -3.01. The maximum absolute atomic E-state index is 5.55. The fourth-order valence-electron chi connectivity index (χ4n) is 4.11. The van der Waals surface area contributed by atoms with Gasteiger partial charge in [-0.25, -0.2) is 4.98 Å². The van der Waals surface area contributed by atoms with Gasteiger partial charge in [-0.2, -0.15) is 5.10 Å². The molecule has 5 rings (SSSR count). The Kier molecular flexibility index (Phi) is 6.02. The van der Waals surface area contributed by atoms with E-state index in [-0.39, 0.29) is 0 Å². The fourth-order valence-corrected chi connectivity index (χ4v) is 4.35. The van der Waals surface area contributed by atoms with Gasteiger partial charge in [0.1, 0.15) is 11.6 Å². The highest BCUT2D eigenvalue weighted by atomic mass is 32.1. The second-order valence-corrected chi connectivity index (χ2v) is 8.18. The fraction of sp³-hybridized carbons (Fsp3) is 0.348. The summed E-state index contributed by atoms with van der Waals surface area (Å²) in [5.74, 6) is 2.60. The van der Waals surface area contributed by atoms with Gasteiger partial charge >= 0.3 is 0 Å². The number of aromatic nitrogens is 5. The number of H-pyrrole nitrogens is 1. The standard InChI is InChI=1S/C23H26N6O2S/c1-30-18-8-6-17(7-9-18)22-24-19-4-2-3-5-20(19)29(22)16-21-25-26-23(32)28(21)11-10-27-12-14-31-15-13-27/h2-9H,10-16H2,1H3,(H,26,32). The number of imidazole rings is 1. The SMILES string of the molecule is COc1ccc(-c2nc3ccccc3n2Cc2n[nH]c(=S)n2CCN2CCOCC2)cc1. The normalized spacial score (nSPS) is 14.8. The van der Waals surface area contributed by atoms with Crippen molar-refractivity contribution in [2.75, 3.05) is 40.0 Å². The highest BCUT2D eigenvalue weighted by molar-refractivity contribution is 7.71. The summed E-state index contributed by atoms with van der Waals surface area (Å²) < 4.78 is 15.7.